The van der Waals surface area contributed by atoms with Crippen molar-refractivity contribution in [2.45, 2.75) is 0 Å². The van der Waals surface area contributed by atoms with E-state index in [-0.39, 0.29) is 11.2 Å². The van der Waals surface area contributed by atoms with Crippen molar-refractivity contribution in [2.75, 3.05) is 92.4 Å². The molecule has 0 radical (unpaired) electrons. The van der Waals surface area contributed by atoms with Crippen LogP contribution in [0, 0.1) is 0 Å². The number of aliphatic hydroxyl groups excluding tert-OH is 1. The van der Waals surface area contributed by atoms with Crippen LogP contribution < -0.4 is 5.32 Å². The van der Waals surface area contributed by atoms with Gasteiger partial charge in [0.25, 0.3) is 5.24 Å². The molecule has 36 heavy (non-hydrogen) atoms. The van der Waals surface area contributed by atoms with Crippen molar-refractivity contribution in [3.05, 3.63) is 0 Å². The fourth-order valence-corrected chi connectivity index (χ4v) is 10.9. The molecule has 0 rings (SSSR count). The van der Waals surface area contributed by atoms with Crippen LogP contribution in [0.15, 0.2) is 9.98 Å². The molecule has 1 amide bonds. The van der Waals surface area contributed by atoms with Gasteiger partial charge in [-0.3, -0.25) is 4.79 Å². The van der Waals surface area contributed by atoms with Crippen molar-refractivity contribution >= 4 is 133 Å². The Bertz CT molecular complexity index is 556. The van der Waals surface area contributed by atoms with Gasteiger partial charge in [0, 0.05) is 67.5 Å². The summed E-state index contributed by atoms with van der Waals surface area (Å²) in [5.74, 6) is 6.04. The van der Waals surface area contributed by atoms with Gasteiger partial charge in [-0.2, -0.15) is 23.5 Å². The van der Waals surface area contributed by atoms with Crippen molar-refractivity contribution in [1.29, 1.82) is 0 Å². The lowest BCUT2D eigenvalue weighted by Gasteiger charge is -2.06. The Morgan fingerprint density at radius 1 is 0.833 bits per heavy atom. The number of nitrogens with one attached hydrogen (secondary N) is 1. The van der Waals surface area contributed by atoms with Crippen molar-refractivity contribution in [1.82, 2.24) is 5.32 Å². The zero-order valence-corrected chi connectivity index (χ0v) is 28.6. The lowest BCUT2D eigenvalue weighted by atomic mass is 10.8. The van der Waals surface area contributed by atoms with E-state index in [1.165, 1.54) is 40.8 Å². The first kappa shape index (κ1) is 38.2. The minimum Gasteiger partial charge on any atom is -0.611 e. The molecular formula is C19H37N3O4S10. The van der Waals surface area contributed by atoms with E-state index in [1.807, 2.05) is 6.26 Å². The lowest BCUT2D eigenvalue weighted by molar-refractivity contribution is 0.261. The lowest BCUT2D eigenvalue weighted by Crippen LogP contribution is -2.22. The number of carbonyl (C=O) groups excluding carboxylic acids is 1. The molecule has 7 nitrogen and oxygen atoms in total. The number of hydrogen-bond donors (Lipinski definition) is 2. The molecule has 0 aliphatic rings. The Morgan fingerprint density at radius 3 is 2.22 bits per heavy atom. The number of aliphatic imine (C=N–C) groups is 2. The summed E-state index contributed by atoms with van der Waals surface area (Å²) in [6, 6.07) is 0. The molecule has 2 N–H and O–H groups in total. The van der Waals surface area contributed by atoms with Crippen molar-refractivity contribution in [2.24, 2.45) is 9.98 Å². The molecule has 0 aromatic carbocycles. The Hall–Kier alpha value is 2.19. The van der Waals surface area contributed by atoms with Gasteiger partial charge in [0.2, 0.25) is 11.1 Å². The average Bonchev–Trinajstić information content (AvgIpc) is 2.87. The van der Waals surface area contributed by atoms with Gasteiger partial charge in [0.05, 0.1) is 19.0 Å². The molecule has 0 aliphatic carbocycles. The van der Waals surface area contributed by atoms with Crippen molar-refractivity contribution in [3.8, 4) is 0 Å². The molecule has 0 aromatic rings. The van der Waals surface area contributed by atoms with Gasteiger partial charge in [0.15, 0.2) is 5.08 Å². The first-order chi connectivity index (χ1) is 17.6. The monoisotopic (exact) mass is 691 g/mol. The SMILES string of the molecule is CSCC/N=C/[S+]([O-])CCSCSCCSC(=O)NCCSCSCC/N=C/[S+]([O-])CSCSCO. The summed E-state index contributed by atoms with van der Waals surface area (Å²) in [7, 11) is 0. The van der Waals surface area contributed by atoms with Gasteiger partial charge in [0.1, 0.15) is 5.75 Å². The molecule has 0 saturated heterocycles. The number of carbonyl (C=O) groups is 1. The predicted molar refractivity (Wildman–Crippen MR) is 184 cm³/mol. The maximum Gasteiger partial charge on any atom is 0.279 e. The van der Waals surface area contributed by atoms with Crippen LogP contribution in [0.5, 0.6) is 0 Å². The number of nitrogens with zero attached hydrogens (tertiary/aromatic N) is 2. The zero-order valence-electron chi connectivity index (χ0n) is 20.4. The summed E-state index contributed by atoms with van der Waals surface area (Å²) in [6.45, 7) is 2.06. The molecule has 0 fully saturated rings. The summed E-state index contributed by atoms with van der Waals surface area (Å²) in [5.41, 5.74) is 3.09. The standard InChI is InChI=1S/C19H37N3O4S10/c1-27-5-2-20-12-35(25)11-10-31-16-30-8-9-34-19(24)22-4-7-29-15-28-6-3-21-13-36(26)18-33-17-32-14-23/h12-13,23H,2-11,14-18H2,1H3,(H,22,24)/b20-12+,21-13+. The molecule has 17 heteroatoms. The van der Waals surface area contributed by atoms with Gasteiger partial charge in [-0.15, -0.1) is 47.0 Å². The highest BCUT2D eigenvalue weighted by molar-refractivity contribution is 8.23. The number of thioether (sulfide) groups is 8. The smallest absolute Gasteiger partial charge is 0.279 e. The normalized spacial score (nSPS) is 13.6. The van der Waals surface area contributed by atoms with E-state index in [2.05, 4.69) is 15.3 Å². The van der Waals surface area contributed by atoms with Gasteiger partial charge >= 0.3 is 0 Å². The van der Waals surface area contributed by atoms with Crippen LogP contribution in [0.25, 0.3) is 0 Å². The molecule has 212 valence electrons. The van der Waals surface area contributed by atoms with Gasteiger partial charge in [-0.1, -0.05) is 23.5 Å². The number of rotatable bonds is 26. The highest BCUT2D eigenvalue weighted by Gasteiger charge is 2.04. The third-order valence-corrected chi connectivity index (χ3v) is 14.4. The van der Waals surface area contributed by atoms with E-state index in [1.54, 1.807) is 64.4 Å². The van der Waals surface area contributed by atoms with Crippen LogP contribution in [0.3, 0.4) is 0 Å². The fourth-order valence-electron chi connectivity index (χ4n) is 1.79. The molecule has 0 bridgehead atoms. The second-order valence-electron chi connectivity index (χ2n) is 6.19. The Balaban J connectivity index is 3.36. The van der Waals surface area contributed by atoms with Crippen LogP contribution in [-0.4, -0.2) is 123 Å². The summed E-state index contributed by atoms with van der Waals surface area (Å²) >= 11 is 11.1. The maximum absolute atomic E-state index is 11.9. The topological polar surface area (TPSA) is 120 Å². The Morgan fingerprint density at radius 2 is 1.47 bits per heavy atom. The van der Waals surface area contributed by atoms with Gasteiger partial charge in [-0.25, -0.2) is 9.98 Å². The summed E-state index contributed by atoms with van der Waals surface area (Å²) in [6.07, 6.45) is 2.03. The Kier molecular flexibility index (Phi) is 33.6. The molecule has 0 heterocycles. The van der Waals surface area contributed by atoms with Crippen molar-refractivity contribution in [3.63, 3.8) is 0 Å². The second kappa shape index (κ2) is 31.7. The third-order valence-electron chi connectivity index (χ3n) is 3.37. The quantitative estimate of drug-likeness (QED) is 0.0436. The third kappa shape index (κ3) is 30.7. The van der Waals surface area contributed by atoms with E-state index < -0.39 is 22.4 Å². The Labute approximate surface area is 257 Å². The van der Waals surface area contributed by atoms with E-state index >= 15 is 0 Å². The fraction of sp³-hybridized carbons (Fsp3) is 0.842. The zero-order chi connectivity index (χ0) is 26.5. The van der Waals surface area contributed by atoms with E-state index in [0.717, 1.165) is 56.3 Å². The second-order valence-corrected chi connectivity index (χ2v) is 18.7. The highest BCUT2D eigenvalue weighted by atomic mass is 32.3. The number of amides is 1. The molecule has 0 saturated carbocycles. The number of aliphatic hydroxyl groups is 1. The van der Waals surface area contributed by atoms with Gasteiger partial charge < -0.3 is 19.5 Å². The average molecular weight is 692 g/mol. The first-order valence-electron chi connectivity index (χ1n) is 10.8. The molecule has 2 atom stereocenters. The summed E-state index contributed by atoms with van der Waals surface area (Å²) in [4.78, 5) is 20.2. The van der Waals surface area contributed by atoms with Crippen LogP contribution >= 0.6 is 94.1 Å². The summed E-state index contributed by atoms with van der Waals surface area (Å²) < 4.78 is 23.4. The predicted octanol–water partition coefficient (Wildman–Crippen LogP) is 4.53. The van der Waals surface area contributed by atoms with Crippen LogP contribution in [0.1, 0.15) is 0 Å². The minimum absolute atomic E-state index is 0.0307. The molecule has 0 aromatic heterocycles. The molecule has 0 spiro atoms. The van der Waals surface area contributed by atoms with E-state index in [4.69, 9.17) is 5.11 Å². The van der Waals surface area contributed by atoms with Crippen LogP contribution in [-0.2, 0) is 22.4 Å². The molecule has 0 aliphatic heterocycles. The molecular weight excluding hydrogens is 655 g/mol. The van der Waals surface area contributed by atoms with Crippen LogP contribution in [0.4, 0.5) is 4.79 Å². The largest absolute Gasteiger partial charge is 0.611 e. The minimum atomic E-state index is -1.05. The van der Waals surface area contributed by atoms with E-state index in [0.29, 0.717) is 23.9 Å². The molecule has 2 unspecified atom stereocenters. The van der Waals surface area contributed by atoms with Crippen molar-refractivity contribution < 1.29 is 19.0 Å². The highest BCUT2D eigenvalue weighted by Crippen LogP contribution is 2.15. The summed E-state index contributed by atoms with van der Waals surface area (Å²) in [5, 5.41) is 14.8. The first-order valence-corrected chi connectivity index (χ1v) is 22.9. The number of hydrogen-bond acceptors (Lipinski definition) is 14. The van der Waals surface area contributed by atoms with E-state index in [9.17, 15) is 13.9 Å². The van der Waals surface area contributed by atoms with Crippen LogP contribution in [0.2, 0.25) is 0 Å². The van der Waals surface area contributed by atoms with Gasteiger partial charge in [-0.05, 0) is 17.4 Å². The maximum atomic E-state index is 11.9.